The van der Waals surface area contributed by atoms with Crippen LogP contribution in [0.15, 0.2) is 40.8 Å². The van der Waals surface area contributed by atoms with Gasteiger partial charge >= 0.3 is 0 Å². The highest BCUT2D eigenvalue weighted by molar-refractivity contribution is 6.00. The number of carbonyl (C=O) groups is 2. The van der Waals surface area contributed by atoms with Gasteiger partial charge in [-0.25, -0.2) is 0 Å². The van der Waals surface area contributed by atoms with E-state index in [0.717, 1.165) is 45.5 Å². The monoisotopic (exact) mass is 391 g/mol. The minimum absolute atomic E-state index is 0.0410. The van der Waals surface area contributed by atoms with Crippen molar-refractivity contribution < 1.29 is 14.0 Å². The highest BCUT2D eigenvalue weighted by atomic mass is 16.3. The fourth-order valence-corrected chi connectivity index (χ4v) is 3.84. The lowest BCUT2D eigenvalue weighted by atomic mass is 10.0. The highest BCUT2D eigenvalue weighted by Gasteiger charge is 2.20. The molecule has 3 aromatic rings. The van der Waals surface area contributed by atoms with E-state index in [1.807, 2.05) is 56.0 Å². The van der Waals surface area contributed by atoms with Crippen LogP contribution >= 0.6 is 0 Å². The minimum atomic E-state index is -0.214. The summed E-state index contributed by atoms with van der Waals surface area (Å²) in [5, 5.41) is 6.80. The third-order valence-electron chi connectivity index (χ3n) is 5.48. The van der Waals surface area contributed by atoms with Crippen LogP contribution in [-0.2, 0) is 11.3 Å². The lowest BCUT2D eigenvalue weighted by Gasteiger charge is -2.28. The maximum absolute atomic E-state index is 12.7. The maximum atomic E-state index is 12.7. The number of amides is 2. The molecule has 0 unspecified atom stereocenters. The van der Waals surface area contributed by atoms with Gasteiger partial charge in [-0.15, -0.1) is 0 Å². The number of rotatable bonds is 4. The van der Waals surface area contributed by atoms with Crippen LogP contribution in [0.25, 0.3) is 11.0 Å². The topological polar surface area (TPSA) is 74.6 Å². The molecule has 6 nitrogen and oxygen atoms in total. The molecule has 4 rings (SSSR count). The quantitative estimate of drug-likeness (QED) is 0.716. The number of nitrogens with one attached hydrogen (secondary N) is 2. The molecule has 2 amide bonds. The van der Waals surface area contributed by atoms with Crippen LogP contribution in [0.5, 0.6) is 0 Å². The smallest absolute Gasteiger partial charge is 0.287 e. The van der Waals surface area contributed by atoms with E-state index in [2.05, 4.69) is 16.7 Å². The van der Waals surface area contributed by atoms with Crippen molar-refractivity contribution in [3.63, 3.8) is 0 Å². The van der Waals surface area contributed by atoms with Gasteiger partial charge in [0.2, 0.25) is 5.91 Å². The number of fused-ring (bicyclic) bond motifs is 1. The minimum Gasteiger partial charge on any atom is -0.450 e. The summed E-state index contributed by atoms with van der Waals surface area (Å²) in [7, 11) is 0. The van der Waals surface area contributed by atoms with E-state index < -0.39 is 0 Å². The molecule has 2 aromatic carbocycles. The molecular formula is C23H25N3O3. The fourth-order valence-electron chi connectivity index (χ4n) is 3.84. The van der Waals surface area contributed by atoms with Crippen molar-refractivity contribution in [2.24, 2.45) is 0 Å². The second-order valence-electron chi connectivity index (χ2n) is 7.58. The summed E-state index contributed by atoms with van der Waals surface area (Å²) in [4.78, 5) is 26.3. The first kappa shape index (κ1) is 19.1. The average Bonchev–Trinajstić information content (AvgIpc) is 3.08. The van der Waals surface area contributed by atoms with Crippen LogP contribution in [0.2, 0.25) is 0 Å². The van der Waals surface area contributed by atoms with Gasteiger partial charge in [-0.3, -0.25) is 9.59 Å². The number of piperazine rings is 1. The van der Waals surface area contributed by atoms with Crippen LogP contribution in [0, 0.1) is 20.8 Å². The molecule has 2 heterocycles. The Morgan fingerprint density at radius 2 is 1.83 bits per heavy atom. The van der Waals surface area contributed by atoms with Crippen molar-refractivity contribution in [1.29, 1.82) is 0 Å². The number of hydrogen-bond acceptors (Lipinski definition) is 4. The van der Waals surface area contributed by atoms with Crippen molar-refractivity contribution in [3.8, 4) is 0 Å². The number of aryl methyl sites for hydroxylation is 3. The van der Waals surface area contributed by atoms with Crippen LogP contribution in [0.1, 0.15) is 32.8 Å². The van der Waals surface area contributed by atoms with Crippen molar-refractivity contribution >= 4 is 28.5 Å². The molecule has 0 aliphatic carbocycles. The van der Waals surface area contributed by atoms with Gasteiger partial charge in [-0.2, -0.15) is 0 Å². The normalized spacial score (nSPS) is 14.2. The van der Waals surface area contributed by atoms with E-state index in [1.54, 1.807) is 0 Å². The van der Waals surface area contributed by atoms with E-state index in [1.165, 1.54) is 0 Å². The summed E-state index contributed by atoms with van der Waals surface area (Å²) >= 11 is 0. The molecule has 0 radical (unpaired) electrons. The molecule has 0 atom stereocenters. The SMILES string of the molecule is Cc1ccc(C)c2c(C)c(C(=O)NCc3ccc(N4CCNC(=O)C4)cc3)oc12. The van der Waals surface area contributed by atoms with E-state index >= 15 is 0 Å². The Labute approximate surface area is 169 Å². The second kappa shape index (κ2) is 7.62. The van der Waals surface area contributed by atoms with E-state index in [0.29, 0.717) is 25.4 Å². The van der Waals surface area contributed by atoms with Gasteiger partial charge in [0.1, 0.15) is 5.58 Å². The van der Waals surface area contributed by atoms with E-state index in [-0.39, 0.29) is 11.8 Å². The summed E-state index contributed by atoms with van der Waals surface area (Å²) < 4.78 is 5.91. The predicted octanol–water partition coefficient (Wildman–Crippen LogP) is 3.22. The van der Waals surface area contributed by atoms with Crippen LogP contribution in [0.4, 0.5) is 5.69 Å². The molecule has 1 saturated heterocycles. The molecule has 2 N–H and O–H groups in total. The zero-order valence-corrected chi connectivity index (χ0v) is 17.0. The molecule has 1 aliphatic rings. The van der Waals surface area contributed by atoms with Crippen LogP contribution in [-0.4, -0.2) is 31.4 Å². The molecule has 1 fully saturated rings. The molecule has 150 valence electrons. The first-order chi connectivity index (χ1) is 13.9. The number of carbonyl (C=O) groups excluding carboxylic acids is 2. The molecule has 1 aliphatic heterocycles. The lowest BCUT2D eigenvalue weighted by molar-refractivity contribution is -0.120. The van der Waals surface area contributed by atoms with Gasteiger partial charge in [0.25, 0.3) is 5.91 Å². The molecule has 6 heteroatoms. The van der Waals surface area contributed by atoms with Gasteiger partial charge in [-0.05, 0) is 49.6 Å². The third kappa shape index (κ3) is 3.70. The molecule has 0 bridgehead atoms. The summed E-state index contributed by atoms with van der Waals surface area (Å²) in [6.07, 6.45) is 0. The summed E-state index contributed by atoms with van der Waals surface area (Å²) in [6.45, 7) is 8.18. The average molecular weight is 391 g/mol. The number of furan rings is 1. The summed E-state index contributed by atoms with van der Waals surface area (Å²) in [5.74, 6) is 0.196. The number of anilines is 1. The number of nitrogens with zero attached hydrogens (tertiary/aromatic N) is 1. The number of hydrogen-bond donors (Lipinski definition) is 2. The van der Waals surface area contributed by atoms with Gasteiger partial charge in [-0.1, -0.05) is 24.3 Å². The Morgan fingerprint density at radius 3 is 2.52 bits per heavy atom. The lowest BCUT2D eigenvalue weighted by Crippen LogP contribution is -2.47. The second-order valence-corrected chi connectivity index (χ2v) is 7.58. The Morgan fingerprint density at radius 1 is 1.10 bits per heavy atom. The summed E-state index contributed by atoms with van der Waals surface area (Å²) in [6, 6.07) is 12.0. The Balaban J connectivity index is 1.45. The molecule has 1 aromatic heterocycles. The zero-order chi connectivity index (χ0) is 20.5. The van der Waals surface area contributed by atoms with Gasteiger partial charge in [0.15, 0.2) is 5.76 Å². The van der Waals surface area contributed by atoms with Crippen molar-refractivity contribution in [3.05, 3.63) is 64.4 Å². The van der Waals surface area contributed by atoms with Crippen LogP contribution < -0.4 is 15.5 Å². The Hall–Kier alpha value is -3.28. The zero-order valence-electron chi connectivity index (χ0n) is 17.0. The van der Waals surface area contributed by atoms with Crippen molar-refractivity contribution in [2.75, 3.05) is 24.5 Å². The summed E-state index contributed by atoms with van der Waals surface area (Å²) in [5.41, 5.74) is 5.78. The third-order valence-corrected chi connectivity index (χ3v) is 5.48. The highest BCUT2D eigenvalue weighted by Crippen LogP contribution is 2.30. The van der Waals surface area contributed by atoms with Crippen LogP contribution in [0.3, 0.4) is 0 Å². The number of benzene rings is 2. The molecule has 29 heavy (non-hydrogen) atoms. The van der Waals surface area contributed by atoms with Gasteiger partial charge in [0.05, 0.1) is 6.54 Å². The molecule has 0 spiro atoms. The van der Waals surface area contributed by atoms with Gasteiger partial charge < -0.3 is 20.0 Å². The fraction of sp³-hybridized carbons (Fsp3) is 0.304. The largest absolute Gasteiger partial charge is 0.450 e. The first-order valence-electron chi connectivity index (χ1n) is 9.82. The van der Waals surface area contributed by atoms with E-state index in [9.17, 15) is 9.59 Å². The van der Waals surface area contributed by atoms with Crippen molar-refractivity contribution in [1.82, 2.24) is 10.6 Å². The maximum Gasteiger partial charge on any atom is 0.287 e. The van der Waals surface area contributed by atoms with Crippen molar-refractivity contribution in [2.45, 2.75) is 27.3 Å². The Bertz CT molecular complexity index is 1080. The standard InChI is InChI=1S/C23H25N3O3/c1-14-4-5-15(2)21-20(14)16(3)22(29-21)23(28)25-12-17-6-8-18(9-7-17)26-11-10-24-19(27)13-26/h4-9H,10-13H2,1-3H3,(H,24,27)(H,25,28). The Kier molecular flexibility index (Phi) is 5.01. The first-order valence-corrected chi connectivity index (χ1v) is 9.82. The van der Waals surface area contributed by atoms with E-state index in [4.69, 9.17) is 4.42 Å². The molecular weight excluding hydrogens is 366 g/mol. The predicted molar refractivity (Wildman–Crippen MR) is 113 cm³/mol. The molecule has 0 saturated carbocycles. The van der Waals surface area contributed by atoms with Gasteiger partial charge in [0, 0.05) is 36.3 Å².